The van der Waals surface area contributed by atoms with Crippen LogP contribution in [0, 0.1) is 6.92 Å². The van der Waals surface area contributed by atoms with Crippen LogP contribution in [0.2, 0.25) is 5.02 Å². The van der Waals surface area contributed by atoms with Crippen LogP contribution in [0.25, 0.3) is 0 Å². The van der Waals surface area contributed by atoms with Crippen molar-refractivity contribution in [3.63, 3.8) is 0 Å². The van der Waals surface area contributed by atoms with Gasteiger partial charge in [-0.25, -0.2) is 0 Å². The maximum Gasteiger partial charge on any atom is 0.161 e. The van der Waals surface area contributed by atoms with Gasteiger partial charge in [0.25, 0.3) is 0 Å². The van der Waals surface area contributed by atoms with E-state index >= 15 is 0 Å². The molecule has 0 fully saturated rings. The van der Waals surface area contributed by atoms with Gasteiger partial charge in [0, 0.05) is 16.8 Å². The van der Waals surface area contributed by atoms with E-state index in [0.29, 0.717) is 13.2 Å². The Hall–Kier alpha value is -1.87. The van der Waals surface area contributed by atoms with E-state index in [0.717, 1.165) is 27.8 Å². The Kier molecular flexibility index (Phi) is 3.93. The van der Waals surface area contributed by atoms with Gasteiger partial charge in [-0.1, -0.05) is 23.7 Å². The molecular formula is C17H18ClNO2. The molecule has 2 aromatic rings. The summed E-state index contributed by atoms with van der Waals surface area (Å²) in [4.78, 5) is 0. The van der Waals surface area contributed by atoms with E-state index in [1.165, 1.54) is 5.56 Å². The van der Waals surface area contributed by atoms with E-state index in [1.807, 2.05) is 30.3 Å². The lowest BCUT2D eigenvalue weighted by atomic mass is 10.1. The summed E-state index contributed by atoms with van der Waals surface area (Å²) < 4.78 is 11.2. The van der Waals surface area contributed by atoms with E-state index in [9.17, 15) is 0 Å². The maximum atomic E-state index is 6.06. The molecule has 110 valence electrons. The van der Waals surface area contributed by atoms with Crippen LogP contribution in [-0.4, -0.2) is 13.2 Å². The number of nitrogens with one attached hydrogen (secondary N) is 1. The van der Waals surface area contributed by atoms with Crippen molar-refractivity contribution in [2.75, 3.05) is 18.5 Å². The molecule has 3 rings (SSSR count). The number of rotatable bonds is 3. The van der Waals surface area contributed by atoms with Crippen molar-refractivity contribution in [1.29, 1.82) is 0 Å². The molecule has 1 N–H and O–H groups in total. The molecule has 0 radical (unpaired) electrons. The van der Waals surface area contributed by atoms with Crippen molar-refractivity contribution < 1.29 is 9.47 Å². The third-order valence-corrected chi connectivity index (χ3v) is 3.87. The van der Waals surface area contributed by atoms with E-state index in [1.54, 1.807) is 0 Å². The van der Waals surface area contributed by atoms with Crippen molar-refractivity contribution in [2.45, 2.75) is 19.9 Å². The number of ether oxygens (including phenoxy) is 2. The van der Waals surface area contributed by atoms with Crippen LogP contribution in [0.15, 0.2) is 36.4 Å². The third kappa shape index (κ3) is 3.08. The Labute approximate surface area is 129 Å². The quantitative estimate of drug-likeness (QED) is 0.899. The molecule has 1 unspecified atom stereocenters. The normalized spacial score (nSPS) is 14.6. The van der Waals surface area contributed by atoms with Crippen LogP contribution in [-0.2, 0) is 0 Å². The molecule has 0 amide bonds. The van der Waals surface area contributed by atoms with Crippen LogP contribution >= 0.6 is 11.6 Å². The van der Waals surface area contributed by atoms with E-state index in [-0.39, 0.29) is 6.04 Å². The molecule has 1 aliphatic heterocycles. The lowest BCUT2D eigenvalue weighted by molar-refractivity contribution is 0.171. The Balaban J connectivity index is 1.82. The second-order valence-corrected chi connectivity index (χ2v) is 5.66. The highest BCUT2D eigenvalue weighted by atomic mass is 35.5. The van der Waals surface area contributed by atoms with Gasteiger partial charge in [-0.2, -0.15) is 0 Å². The molecule has 4 heteroatoms. The number of benzene rings is 2. The first kappa shape index (κ1) is 14.1. The number of hydrogen-bond acceptors (Lipinski definition) is 3. The molecular weight excluding hydrogens is 286 g/mol. The number of hydrogen-bond donors (Lipinski definition) is 1. The van der Waals surface area contributed by atoms with Gasteiger partial charge in [-0.15, -0.1) is 0 Å². The molecule has 0 aliphatic carbocycles. The first-order valence-corrected chi connectivity index (χ1v) is 7.43. The average molecular weight is 304 g/mol. The first-order valence-electron chi connectivity index (χ1n) is 7.06. The molecule has 21 heavy (non-hydrogen) atoms. The molecule has 1 heterocycles. The Morgan fingerprint density at radius 1 is 1.05 bits per heavy atom. The minimum atomic E-state index is 0.151. The molecule has 2 aromatic carbocycles. The fourth-order valence-electron chi connectivity index (χ4n) is 2.40. The topological polar surface area (TPSA) is 30.5 Å². The van der Waals surface area contributed by atoms with E-state index in [4.69, 9.17) is 21.1 Å². The minimum absolute atomic E-state index is 0.151. The fourth-order valence-corrected chi connectivity index (χ4v) is 2.57. The predicted molar refractivity (Wildman–Crippen MR) is 85.7 cm³/mol. The average Bonchev–Trinajstić information content (AvgIpc) is 2.50. The van der Waals surface area contributed by atoms with E-state index in [2.05, 4.69) is 25.2 Å². The summed E-state index contributed by atoms with van der Waals surface area (Å²) in [6, 6.07) is 12.1. The maximum absolute atomic E-state index is 6.06. The van der Waals surface area contributed by atoms with Crippen LogP contribution < -0.4 is 14.8 Å². The van der Waals surface area contributed by atoms with Crippen LogP contribution in [0.3, 0.4) is 0 Å². The zero-order chi connectivity index (χ0) is 14.8. The van der Waals surface area contributed by atoms with Gasteiger partial charge in [0.05, 0.1) is 0 Å². The summed E-state index contributed by atoms with van der Waals surface area (Å²) in [6.45, 7) is 5.40. The molecule has 0 spiro atoms. The summed E-state index contributed by atoms with van der Waals surface area (Å²) in [5.74, 6) is 1.63. The van der Waals surface area contributed by atoms with Gasteiger partial charge in [-0.05, 0) is 49.2 Å². The minimum Gasteiger partial charge on any atom is -0.486 e. The zero-order valence-electron chi connectivity index (χ0n) is 12.2. The highest BCUT2D eigenvalue weighted by molar-refractivity contribution is 6.30. The second kappa shape index (κ2) is 5.86. The van der Waals surface area contributed by atoms with Gasteiger partial charge >= 0.3 is 0 Å². The van der Waals surface area contributed by atoms with Gasteiger partial charge in [-0.3, -0.25) is 0 Å². The summed E-state index contributed by atoms with van der Waals surface area (Å²) in [5, 5.41) is 4.23. The molecule has 3 nitrogen and oxygen atoms in total. The lowest BCUT2D eigenvalue weighted by Crippen LogP contribution is -2.16. The molecule has 0 bridgehead atoms. The highest BCUT2D eigenvalue weighted by Crippen LogP contribution is 2.34. The van der Waals surface area contributed by atoms with Crippen molar-refractivity contribution in [3.8, 4) is 11.5 Å². The highest BCUT2D eigenvalue weighted by Gasteiger charge is 2.14. The van der Waals surface area contributed by atoms with Crippen LogP contribution in [0.1, 0.15) is 24.1 Å². The van der Waals surface area contributed by atoms with Crippen molar-refractivity contribution in [1.82, 2.24) is 0 Å². The van der Waals surface area contributed by atoms with Crippen molar-refractivity contribution in [2.24, 2.45) is 0 Å². The smallest absolute Gasteiger partial charge is 0.161 e. The number of aryl methyl sites for hydroxylation is 1. The Morgan fingerprint density at radius 2 is 1.81 bits per heavy atom. The number of fused-ring (bicyclic) bond motifs is 1. The largest absolute Gasteiger partial charge is 0.486 e. The van der Waals surface area contributed by atoms with E-state index < -0.39 is 0 Å². The van der Waals surface area contributed by atoms with Crippen molar-refractivity contribution in [3.05, 3.63) is 52.5 Å². The predicted octanol–water partition coefficient (Wildman–Crippen LogP) is 4.59. The third-order valence-electron chi connectivity index (χ3n) is 3.64. The monoisotopic (exact) mass is 303 g/mol. The Bertz CT molecular complexity index is 657. The molecule has 1 aliphatic rings. The standard InChI is InChI=1S/C17H18ClNO2/c1-11-3-5-14(18)10-15(11)19-12(2)13-4-6-16-17(9-13)21-8-7-20-16/h3-6,9-10,12,19H,7-8H2,1-2H3. The fraction of sp³-hybridized carbons (Fsp3) is 0.294. The lowest BCUT2D eigenvalue weighted by Gasteiger charge is -2.22. The molecule has 1 atom stereocenters. The summed E-state index contributed by atoms with van der Waals surface area (Å²) in [7, 11) is 0. The summed E-state index contributed by atoms with van der Waals surface area (Å²) in [6.07, 6.45) is 0. The van der Waals surface area contributed by atoms with Gasteiger partial charge in [0.1, 0.15) is 13.2 Å². The van der Waals surface area contributed by atoms with Crippen molar-refractivity contribution >= 4 is 17.3 Å². The molecule has 0 saturated carbocycles. The molecule has 0 aromatic heterocycles. The summed E-state index contributed by atoms with van der Waals surface area (Å²) >= 11 is 6.06. The van der Waals surface area contributed by atoms with Gasteiger partial charge in [0.15, 0.2) is 11.5 Å². The SMILES string of the molecule is Cc1ccc(Cl)cc1NC(C)c1ccc2c(c1)OCCO2. The first-order chi connectivity index (χ1) is 10.1. The van der Waals surface area contributed by atoms with Crippen LogP contribution in [0.5, 0.6) is 11.5 Å². The summed E-state index contributed by atoms with van der Waals surface area (Å²) in [5.41, 5.74) is 3.37. The molecule has 0 saturated heterocycles. The second-order valence-electron chi connectivity index (χ2n) is 5.23. The van der Waals surface area contributed by atoms with Gasteiger partial charge < -0.3 is 14.8 Å². The Morgan fingerprint density at radius 3 is 2.62 bits per heavy atom. The number of halogens is 1. The zero-order valence-corrected chi connectivity index (χ0v) is 12.9. The number of anilines is 1. The van der Waals surface area contributed by atoms with Gasteiger partial charge in [0.2, 0.25) is 0 Å². The van der Waals surface area contributed by atoms with Crippen LogP contribution in [0.4, 0.5) is 5.69 Å².